The minimum atomic E-state index is -0.824. The zero-order valence-electron chi connectivity index (χ0n) is 10.2. The molecular weight excluding hydrogens is 222 g/mol. The number of piperazine rings is 1. The van der Waals surface area contributed by atoms with E-state index in [2.05, 4.69) is 22.5 Å². The number of rotatable bonds is 6. The largest absolute Gasteiger partial charge is 0.481 e. The van der Waals surface area contributed by atoms with E-state index in [1.807, 2.05) is 0 Å². The summed E-state index contributed by atoms with van der Waals surface area (Å²) in [6.45, 7) is 5.60. The van der Waals surface area contributed by atoms with Crippen LogP contribution in [0.2, 0.25) is 0 Å². The highest BCUT2D eigenvalue weighted by molar-refractivity contribution is 5.78. The predicted molar refractivity (Wildman–Crippen MR) is 63.8 cm³/mol. The number of aliphatic carboxylic acids is 1. The van der Waals surface area contributed by atoms with Gasteiger partial charge in [-0.2, -0.15) is 0 Å². The lowest BCUT2D eigenvalue weighted by Gasteiger charge is -2.31. The van der Waals surface area contributed by atoms with Crippen LogP contribution in [0.15, 0.2) is 0 Å². The van der Waals surface area contributed by atoms with Gasteiger partial charge in [0.25, 0.3) is 0 Å². The van der Waals surface area contributed by atoms with Gasteiger partial charge in [0.1, 0.15) is 0 Å². The molecule has 0 aliphatic carbocycles. The molecule has 0 spiro atoms. The Hall–Kier alpha value is -1.14. The number of nitrogens with one attached hydrogen (secondary N) is 2. The van der Waals surface area contributed by atoms with Crippen molar-refractivity contribution in [2.45, 2.75) is 25.8 Å². The zero-order chi connectivity index (χ0) is 12.7. The Bertz CT molecular complexity index is 271. The van der Waals surface area contributed by atoms with Gasteiger partial charge in [0, 0.05) is 38.6 Å². The lowest BCUT2D eigenvalue weighted by molar-refractivity contribution is -0.137. The lowest BCUT2D eigenvalue weighted by Crippen LogP contribution is -2.51. The van der Waals surface area contributed by atoms with E-state index in [0.717, 1.165) is 19.6 Å². The molecule has 1 fully saturated rings. The van der Waals surface area contributed by atoms with Gasteiger partial charge in [-0.1, -0.05) is 0 Å². The molecule has 0 bridgehead atoms. The van der Waals surface area contributed by atoms with E-state index in [4.69, 9.17) is 5.11 Å². The van der Waals surface area contributed by atoms with Crippen molar-refractivity contribution in [2.75, 3.05) is 32.7 Å². The Kier molecular flexibility index (Phi) is 5.93. The predicted octanol–water partition coefficient (Wildman–Crippen LogP) is -0.739. The molecule has 1 heterocycles. The summed E-state index contributed by atoms with van der Waals surface area (Å²) in [7, 11) is 0. The van der Waals surface area contributed by atoms with Crippen molar-refractivity contribution in [3.8, 4) is 0 Å². The molecule has 1 aliphatic rings. The van der Waals surface area contributed by atoms with Gasteiger partial charge in [0.05, 0.1) is 6.54 Å². The normalized spacial score (nSPS) is 21.1. The van der Waals surface area contributed by atoms with Crippen molar-refractivity contribution < 1.29 is 14.7 Å². The summed E-state index contributed by atoms with van der Waals surface area (Å²) in [4.78, 5) is 23.9. The van der Waals surface area contributed by atoms with Crippen LogP contribution < -0.4 is 10.6 Å². The molecule has 6 nitrogen and oxygen atoms in total. The second kappa shape index (κ2) is 7.24. The number of carboxylic acid groups (broad SMARTS) is 1. The maximum absolute atomic E-state index is 11.5. The third kappa shape index (κ3) is 6.23. The standard InChI is InChI=1S/C11H21N3O3/c1-9-7-14(6-5-12-9)8-10(15)13-4-2-3-11(16)17/h9,12H,2-8H2,1H3,(H,13,15)(H,16,17). The van der Waals surface area contributed by atoms with Crippen molar-refractivity contribution in [1.82, 2.24) is 15.5 Å². The number of carbonyl (C=O) groups excluding carboxylic acids is 1. The molecule has 1 saturated heterocycles. The third-order valence-electron chi connectivity index (χ3n) is 2.71. The van der Waals surface area contributed by atoms with Crippen LogP contribution in [0.4, 0.5) is 0 Å². The lowest BCUT2D eigenvalue weighted by atomic mass is 10.2. The summed E-state index contributed by atoms with van der Waals surface area (Å²) in [5, 5.41) is 14.5. The molecule has 17 heavy (non-hydrogen) atoms. The summed E-state index contributed by atoms with van der Waals surface area (Å²) in [5.41, 5.74) is 0. The average Bonchev–Trinajstić information content (AvgIpc) is 2.24. The molecule has 0 aromatic rings. The highest BCUT2D eigenvalue weighted by Crippen LogP contribution is 1.97. The van der Waals surface area contributed by atoms with Gasteiger partial charge in [0.15, 0.2) is 0 Å². The fourth-order valence-corrected chi connectivity index (χ4v) is 1.88. The van der Waals surface area contributed by atoms with E-state index in [0.29, 0.717) is 25.6 Å². The molecule has 0 aromatic carbocycles. The second-order valence-corrected chi connectivity index (χ2v) is 4.44. The Morgan fingerprint density at radius 2 is 2.29 bits per heavy atom. The Morgan fingerprint density at radius 1 is 1.53 bits per heavy atom. The quantitative estimate of drug-likeness (QED) is 0.535. The topological polar surface area (TPSA) is 81.7 Å². The molecule has 0 radical (unpaired) electrons. The van der Waals surface area contributed by atoms with Gasteiger partial charge < -0.3 is 15.7 Å². The molecule has 1 rings (SSSR count). The molecule has 1 amide bonds. The van der Waals surface area contributed by atoms with Crippen LogP contribution in [0.1, 0.15) is 19.8 Å². The summed E-state index contributed by atoms with van der Waals surface area (Å²) < 4.78 is 0. The Balaban J connectivity index is 2.09. The number of carbonyl (C=O) groups is 2. The van der Waals surface area contributed by atoms with Gasteiger partial charge in [-0.05, 0) is 13.3 Å². The first-order chi connectivity index (χ1) is 8.08. The molecule has 98 valence electrons. The van der Waals surface area contributed by atoms with Crippen molar-refractivity contribution in [1.29, 1.82) is 0 Å². The highest BCUT2D eigenvalue weighted by Gasteiger charge is 2.17. The van der Waals surface area contributed by atoms with Crippen LogP contribution in [0, 0.1) is 0 Å². The first kappa shape index (κ1) is 13.9. The number of carboxylic acids is 1. The van der Waals surface area contributed by atoms with E-state index < -0.39 is 5.97 Å². The van der Waals surface area contributed by atoms with Crippen LogP contribution in [0.5, 0.6) is 0 Å². The van der Waals surface area contributed by atoms with Crippen LogP contribution in [-0.2, 0) is 9.59 Å². The molecular formula is C11H21N3O3. The van der Waals surface area contributed by atoms with Gasteiger partial charge in [-0.3, -0.25) is 14.5 Å². The molecule has 1 atom stereocenters. The molecule has 6 heteroatoms. The van der Waals surface area contributed by atoms with Crippen LogP contribution >= 0.6 is 0 Å². The minimum Gasteiger partial charge on any atom is -0.481 e. The molecule has 0 saturated carbocycles. The number of hydrogen-bond donors (Lipinski definition) is 3. The summed E-state index contributed by atoms with van der Waals surface area (Å²) in [6.07, 6.45) is 0.587. The van der Waals surface area contributed by atoms with E-state index in [-0.39, 0.29) is 12.3 Å². The maximum Gasteiger partial charge on any atom is 0.303 e. The maximum atomic E-state index is 11.5. The van der Waals surface area contributed by atoms with Gasteiger partial charge in [-0.15, -0.1) is 0 Å². The van der Waals surface area contributed by atoms with Crippen molar-refractivity contribution >= 4 is 11.9 Å². The highest BCUT2D eigenvalue weighted by atomic mass is 16.4. The average molecular weight is 243 g/mol. The molecule has 1 aliphatic heterocycles. The first-order valence-corrected chi connectivity index (χ1v) is 6.02. The van der Waals surface area contributed by atoms with Crippen molar-refractivity contribution in [3.63, 3.8) is 0 Å². The zero-order valence-corrected chi connectivity index (χ0v) is 10.2. The summed E-state index contributed by atoms with van der Waals surface area (Å²) in [6, 6.07) is 0.420. The van der Waals surface area contributed by atoms with Gasteiger partial charge >= 0.3 is 5.97 Å². The molecule has 0 aromatic heterocycles. The van der Waals surface area contributed by atoms with Crippen molar-refractivity contribution in [3.05, 3.63) is 0 Å². The van der Waals surface area contributed by atoms with Crippen molar-refractivity contribution in [2.24, 2.45) is 0 Å². The van der Waals surface area contributed by atoms with E-state index in [1.165, 1.54) is 0 Å². The molecule has 1 unspecified atom stereocenters. The number of nitrogens with zero attached hydrogens (tertiary/aromatic N) is 1. The smallest absolute Gasteiger partial charge is 0.303 e. The van der Waals surface area contributed by atoms with Crippen LogP contribution in [0.3, 0.4) is 0 Å². The Morgan fingerprint density at radius 3 is 2.94 bits per heavy atom. The van der Waals surface area contributed by atoms with Gasteiger partial charge in [-0.25, -0.2) is 0 Å². The van der Waals surface area contributed by atoms with Crippen LogP contribution in [0.25, 0.3) is 0 Å². The third-order valence-corrected chi connectivity index (χ3v) is 2.71. The van der Waals surface area contributed by atoms with E-state index in [9.17, 15) is 9.59 Å². The fraction of sp³-hybridized carbons (Fsp3) is 0.818. The number of hydrogen-bond acceptors (Lipinski definition) is 4. The Labute approximate surface area is 101 Å². The summed E-state index contributed by atoms with van der Waals surface area (Å²) >= 11 is 0. The monoisotopic (exact) mass is 243 g/mol. The summed E-state index contributed by atoms with van der Waals surface area (Å²) in [5.74, 6) is -0.848. The second-order valence-electron chi connectivity index (χ2n) is 4.44. The fourth-order valence-electron chi connectivity index (χ4n) is 1.88. The SMILES string of the molecule is CC1CN(CC(=O)NCCCC(=O)O)CCN1. The first-order valence-electron chi connectivity index (χ1n) is 6.02. The number of amides is 1. The van der Waals surface area contributed by atoms with Crippen LogP contribution in [-0.4, -0.2) is 60.6 Å². The van der Waals surface area contributed by atoms with Gasteiger partial charge in [0.2, 0.25) is 5.91 Å². The van der Waals surface area contributed by atoms with E-state index in [1.54, 1.807) is 0 Å². The molecule has 3 N–H and O–H groups in total. The minimum absolute atomic E-state index is 0.0236. The van der Waals surface area contributed by atoms with E-state index >= 15 is 0 Å².